The summed E-state index contributed by atoms with van der Waals surface area (Å²) in [6.07, 6.45) is 6.72. The molecule has 5 nitrogen and oxygen atoms in total. The maximum Gasteiger partial charge on any atom is 0.188 e. The van der Waals surface area contributed by atoms with Crippen molar-refractivity contribution in [2.75, 3.05) is 39.3 Å². The summed E-state index contributed by atoms with van der Waals surface area (Å²) in [5.41, 5.74) is 6.03. The predicted molar refractivity (Wildman–Crippen MR) is 103 cm³/mol. The molecule has 2 atom stereocenters. The van der Waals surface area contributed by atoms with Crippen LogP contribution in [-0.2, 0) is 0 Å². The number of nitrogens with one attached hydrogen (secondary N) is 1. The molecule has 2 saturated heterocycles. The highest BCUT2D eigenvalue weighted by molar-refractivity contribution is 14.0. The molecule has 2 aliphatic heterocycles. The van der Waals surface area contributed by atoms with Gasteiger partial charge in [0.15, 0.2) is 5.96 Å². The van der Waals surface area contributed by atoms with Crippen molar-refractivity contribution in [3.63, 3.8) is 0 Å². The first kappa shape index (κ1) is 18.3. The fourth-order valence-corrected chi connectivity index (χ4v) is 3.83. The van der Waals surface area contributed by atoms with Crippen LogP contribution in [0.2, 0.25) is 0 Å². The molecule has 6 heteroatoms. The van der Waals surface area contributed by atoms with Gasteiger partial charge in [0, 0.05) is 31.7 Å². The lowest BCUT2D eigenvalue weighted by atomic mass is 10.1. The molecule has 1 aliphatic carbocycles. The molecule has 0 bridgehead atoms. The lowest BCUT2D eigenvalue weighted by molar-refractivity contribution is 0.267. The van der Waals surface area contributed by atoms with Crippen molar-refractivity contribution in [2.24, 2.45) is 16.6 Å². The first-order valence-electron chi connectivity index (χ1n) is 8.78. The Balaban J connectivity index is 0.00000176. The molecule has 1 saturated carbocycles. The fraction of sp³-hybridized carbons (Fsp3) is 0.938. The molecule has 22 heavy (non-hydrogen) atoms. The number of likely N-dealkylation sites (tertiary alicyclic amines) is 2. The second kappa shape index (κ2) is 8.68. The molecule has 0 radical (unpaired) electrons. The zero-order valence-corrected chi connectivity index (χ0v) is 16.2. The molecular weight excluding hydrogens is 389 g/mol. The van der Waals surface area contributed by atoms with E-state index in [1.165, 1.54) is 51.7 Å². The summed E-state index contributed by atoms with van der Waals surface area (Å²) in [7, 11) is 0. The average molecular weight is 421 g/mol. The molecule has 3 aliphatic rings. The summed E-state index contributed by atoms with van der Waals surface area (Å²) < 4.78 is 0. The Morgan fingerprint density at radius 3 is 2.77 bits per heavy atom. The summed E-state index contributed by atoms with van der Waals surface area (Å²) in [6, 6.07) is 1.54. The van der Waals surface area contributed by atoms with Gasteiger partial charge < -0.3 is 16.0 Å². The van der Waals surface area contributed by atoms with Crippen LogP contribution in [0, 0.1) is 5.92 Å². The fourth-order valence-electron chi connectivity index (χ4n) is 3.83. The van der Waals surface area contributed by atoms with Crippen molar-refractivity contribution in [1.29, 1.82) is 0 Å². The molecule has 2 unspecified atom stereocenters. The van der Waals surface area contributed by atoms with Crippen LogP contribution in [-0.4, -0.2) is 67.1 Å². The van der Waals surface area contributed by atoms with Crippen molar-refractivity contribution in [3.8, 4) is 0 Å². The van der Waals surface area contributed by atoms with Crippen LogP contribution in [0.3, 0.4) is 0 Å². The van der Waals surface area contributed by atoms with Crippen molar-refractivity contribution in [2.45, 2.75) is 51.1 Å². The molecule has 3 rings (SSSR count). The van der Waals surface area contributed by atoms with Crippen LogP contribution >= 0.6 is 24.0 Å². The van der Waals surface area contributed by atoms with Crippen LogP contribution in [0.1, 0.15) is 39.0 Å². The third kappa shape index (κ3) is 4.96. The maximum atomic E-state index is 6.03. The normalized spacial score (nSPS) is 30.5. The van der Waals surface area contributed by atoms with Gasteiger partial charge in [0.1, 0.15) is 0 Å². The Bertz CT molecular complexity index is 372. The van der Waals surface area contributed by atoms with E-state index < -0.39 is 0 Å². The lowest BCUT2D eigenvalue weighted by Crippen LogP contribution is -2.43. The number of nitrogens with zero attached hydrogens (tertiary/aromatic N) is 3. The van der Waals surface area contributed by atoms with E-state index in [1.807, 2.05) is 0 Å². The van der Waals surface area contributed by atoms with Gasteiger partial charge in [0.25, 0.3) is 0 Å². The molecule has 0 aromatic rings. The quantitative estimate of drug-likeness (QED) is 0.388. The third-order valence-electron chi connectivity index (χ3n) is 5.32. The van der Waals surface area contributed by atoms with Crippen LogP contribution in [0.4, 0.5) is 0 Å². The van der Waals surface area contributed by atoms with Crippen molar-refractivity contribution < 1.29 is 0 Å². The second-order valence-electron chi connectivity index (χ2n) is 6.91. The Labute approximate surface area is 152 Å². The average Bonchev–Trinajstić information content (AvgIpc) is 3.07. The van der Waals surface area contributed by atoms with Gasteiger partial charge in [-0.05, 0) is 57.7 Å². The molecule has 0 spiro atoms. The van der Waals surface area contributed by atoms with Gasteiger partial charge >= 0.3 is 0 Å². The van der Waals surface area contributed by atoms with Gasteiger partial charge in [0.2, 0.25) is 0 Å². The van der Waals surface area contributed by atoms with Gasteiger partial charge in [-0.2, -0.15) is 0 Å². The Morgan fingerprint density at radius 2 is 2.05 bits per heavy atom. The van der Waals surface area contributed by atoms with Gasteiger partial charge in [-0.1, -0.05) is 6.92 Å². The van der Waals surface area contributed by atoms with E-state index in [0.29, 0.717) is 17.9 Å². The van der Waals surface area contributed by atoms with Gasteiger partial charge in [-0.3, -0.25) is 9.89 Å². The molecule has 128 valence electrons. The molecular formula is C16H32IN5. The number of hydrogen-bond acceptors (Lipinski definition) is 3. The standard InChI is InChI=1S/C16H31N5.HI/c1-2-20-8-3-4-15(20)11-19-16(17)18-10-13-7-9-21(12-13)14-5-6-14;/h13-15H,2-12H2,1H3,(H3,17,18,19);1H. The Hall–Kier alpha value is -0.0800. The SMILES string of the molecule is CCN1CCCC1CNC(N)=NCC1CCN(C2CC2)C1.I. The maximum absolute atomic E-state index is 6.03. The molecule has 0 aromatic carbocycles. The van der Waals surface area contributed by atoms with E-state index in [2.05, 4.69) is 27.0 Å². The number of aliphatic imine (C=N–C) groups is 1. The minimum Gasteiger partial charge on any atom is -0.370 e. The number of hydrogen-bond donors (Lipinski definition) is 2. The van der Waals surface area contributed by atoms with E-state index in [4.69, 9.17) is 5.73 Å². The summed E-state index contributed by atoms with van der Waals surface area (Å²) in [5.74, 6) is 1.35. The Kier molecular flexibility index (Phi) is 7.21. The van der Waals surface area contributed by atoms with Crippen molar-refractivity contribution >= 4 is 29.9 Å². The smallest absolute Gasteiger partial charge is 0.188 e. The highest BCUT2D eigenvalue weighted by atomic mass is 127. The topological polar surface area (TPSA) is 56.9 Å². The van der Waals surface area contributed by atoms with E-state index in [9.17, 15) is 0 Å². The van der Waals surface area contributed by atoms with Crippen LogP contribution in [0.15, 0.2) is 4.99 Å². The summed E-state index contributed by atoms with van der Waals surface area (Å²) >= 11 is 0. The van der Waals surface area contributed by atoms with Gasteiger partial charge in [-0.15, -0.1) is 24.0 Å². The number of rotatable bonds is 6. The summed E-state index contributed by atoms with van der Waals surface area (Å²) in [5, 5.41) is 3.33. The monoisotopic (exact) mass is 421 g/mol. The summed E-state index contributed by atoms with van der Waals surface area (Å²) in [6.45, 7) is 8.95. The first-order chi connectivity index (χ1) is 10.3. The summed E-state index contributed by atoms with van der Waals surface area (Å²) in [4.78, 5) is 9.74. The molecule has 0 aromatic heterocycles. The van der Waals surface area contributed by atoms with Gasteiger partial charge in [0.05, 0.1) is 0 Å². The van der Waals surface area contributed by atoms with E-state index >= 15 is 0 Å². The zero-order chi connectivity index (χ0) is 14.7. The largest absolute Gasteiger partial charge is 0.370 e. The van der Waals surface area contributed by atoms with Crippen LogP contribution in [0.25, 0.3) is 0 Å². The van der Waals surface area contributed by atoms with Gasteiger partial charge in [-0.25, -0.2) is 0 Å². The number of likely N-dealkylation sites (N-methyl/N-ethyl adjacent to an activating group) is 1. The number of halogens is 1. The zero-order valence-electron chi connectivity index (χ0n) is 13.8. The van der Waals surface area contributed by atoms with E-state index in [1.54, 1.807) is 0 Å². The van der Waals surface area contributed by atoms with E-state index in [-0.39, 0.29) is 24.0 Å². The lowest BCUT2D eigenvalue weighted by Gasteiger charge is -2.23. The van der Waals surface area contributed by atoms with Crippen molar-refractivity contribution in [1.82, 2.24) is 15.1 Å². The molecule has 3 fully saturated rings. The first-order valence-corrected chi connectivity index (χ1v) is 8.78. The molecule has 3 N–H and O–H groups in total. The third-order valence-corrected chi connectivity index (χ3v) is 5.32. The minimum atomic E-state index is 0. The minimum absolute atomic E-state index is 0. The highest BCUT2D eigenvalue weighted by Gasteiger charge is 2.34. The Morgan fingerprint density at radius 1 is 1.23 bits per heavy atom. The highest BCUT2D eigenvalue weighted by Crippen LogP contribution is 2.31. The predicted octanol–water partition coefficient (Wildman–Crippen LogP) is 1.48. The second-order valence-corrected chi connectivity index (χ2v) is 6.91. The van der Waals surface area contributed by atoms with Crippen LogP contribution in [0.5, 0.6) is 0 Å². The van der Waals surface area contributed by atoms with Crippen molar-refractivity contribution in [3.05, 3.63) is 0 Å². The van der Waals surface area contributed by atoms with Crippen LogP contribution < -0.4 is 11.1 Å². The molecule has 0 amide bonds. The van der Waals surface area contributed by atoms with E-state index in [0.717, 1.165) is 25.7 Å². The number of nitrogens with two attached hydrogens (primary N) is 1. The molecule has 2 heterocycles. The number of guanidine groups is 1.